The molecule has 1 amide bonds. The fraction of sp³-hybridized carbons (Fsp3) is 0.714. The molecule has 1 aliphatic rings. The highest BCUT2D eigenvalue weighted by Gasteiger charge is 2.22. The van der Waals surface area contributed by atoms with Gasteiger partial charge < -0.3 is 14.8 Å². The molecule has 0 saturated carbocycles. The minimum absolute atomic E-state index is 0.135. The van der Waals surface area contributed by atoms with Gasteiger partial charge in [-0.05, 0) is 19.9 Å². The quantitative estimate of drug-likeness (QED) is 0.868. The fourth-order valence-corrected chi connectivity index (χ4v) is 2.94. The number of hydrogen-bond donors (Lipinski definition) is 1. The van der Waals surface area contributed by atoms with Crippen molar-refractivity contribution in [2.75, 3.05) is 26.8 Å². The number of amides is 1. The number of aryl methyl sites for hydroxylation is 1. The lowest BCUT2D eigenvalue weighted by molar-refractivity contribution is -0.132. The SMILES string of the molecule is CNC1CCN(C(=O)CCc2ncc(Cl)n2CCF)CC1. The Labute approximate surface area is 129 Å². The molecule has 1 fully saturated rings. The van der Waals surface area contributed by atoms with Gasteiger partial charge in [0.15, 0.2) is 0 Å². The van der Waals surface area contributed by atoms with E-state index >= 15 is 0 Å². The number of imidazole rings is 1. The average Bonchev–Trinajstić information content (AvgIpc) is 2.86. The van der Waals surface area contributed by atoms with E-state index in [1.54, 1.807) is 4.57 Å². The van der Waals surface area contributed by atoms with E-state index in [-0.39, 0.29) is 12.5 Å². The molecule has 0 unspecified atom stereocenters. The standard InChI is InChI=1S/C14H22ClFN4O/c1-17-11-4-7-19(8-5-11)14(21)3-2-13-18-10-12(15)20(13)9-6-16/h10-11,17H,2-9H2,1H3. The molecule has 21 heavy (non-hydrogen) atoms. The predicted octanol–water partition coefficient (Wildman–Crippen LogP) is 1.65. The third-order valence-corrected chi connectivity index (χ3v) is 4.32. The van der Waals surface area contributed by atoms with Gasteiger partial charge in [-0.1, -0.05) is 11.6 Å². The zero-order valence-corrected chi connectivity index (χ0v) is 13.1. The first kappa shape index (κ1) is 16.2. The van der Waals surface area contributed by atoms with Gasteiger partial charge in [0, 0.05) is 32.0 Å². The van der Waals surface area contributed by atoms with Gasteiger partial charge in [-0.2, -0.15) is 0 Å². The summed E-state index contributed by atoms with van der Waals surface area (Å²) in [6, 6.07) is 0.510. The van der Waals surface area contributed by atoms with Crippen LogP contribution in [0, 0.1) is 0 Å². The Kier molecular flexibility index (Phi) is 5.99. The van der Waals surface area contributed by atoms with E-state index in [9.17, 15) is 9.18 Å². The van der Waals surface area contributed by atoms with Gasteiger partial charge in [-0.25, -0.2) is 9.37 Å². The van der Waals surface area contributed by atoms with Crippen molar-refractivity contribution < 1.29 is 9.18 Å². The zero-order chi connectivity index (χ0) is 15.2. The zero-order valence-electron chi connectivity index (χ0n) is 12.3. The third-order valence-electron chi connectivity index (χ3n) is 4.02. The number of piperidine rings is 1. The molecule has 7 heteroatoms. The summed E-state index contributed by atoms with van der Waals surface area (Å²) in [5.41, 5.74) is 0. The van der Waals surface area contributed by atoms with Crippen molar-refractivity contribution in [2.24, 2.45) is 0 Å². The molecule has 1 N–H and O–H groups in total. The normalized spacial score (nSPS) is 16.4. The van der Waals surface area contributed by atoms with E-state index < -0.39 is 6.67 Å². The maximum atomic E-state index is 12.5. The minimum Gasteiger partial charge on any atom is -0.343 e. The number of hydrogen-bond acceptors (Lipinski definition) is 3. The van der Waals surface area contributed by atoms with Gasteiger partial charge in [0.1, 0.15) is 17.7 Å². The average molecular weight is 317 g/mol. The largest absolute Gasteiger partial charge is 0.343 e. The highest BCUT2D eigenvalue weighted by molar-refractivity contribution is 6.29. The number of nitrogens with one attached hydrogen (secondary N) is 1. The summed E-state index contributed by atoms with van der Waals surface area (Å²) < 4.78 is 14.1. The Morgan fingerprint density at radius 1 is 1.52 bits per heavy atom. The van der Waals surface area contributed by atoms with Gasteiger partial charge in [-0.3, -0.25) is 4.79 Å². The molecule has 2 rings (SSSR count). The Morgan fingerprint density at radius 3 is 2.86 bits per heavy atom. The Hall–Kier alpha value is -1.14. The molecular formula is C14H22ClFN4O. The molecule has 118 valence electrons. The summed E-state index contributed by atoms with van der Waals surface area (Å²) in [5, 5.41) is 3.67. The molecule has 5 nitrogen and oxygen atoms in total. The molecule has 2 heterocycles. The second kappa shape index (κ2) is 7.75. The maximum Gasteiger partial charge on any atom is 0.223 e. The lowest BCUT2D eigenvalue weighted by Gasteiger charge is -2.31. The van der Waals surface area contributed by atoms with E-state index in [4.69, 9.17) is 11.6 Å². The minimum atomic E-state index is -0.492. The van der Waals surface area contributed by atoms with Crippen LogP contribution < -0.4 is 5.32 Å². The number of likely N-dealkylation sites (tertiary alicyclic amines) is 1. The molecular weight excluding hydrogens is 295 g/mol. The smallest absolute Gasteiger partial charge is 0.223 e. The van der Waals surface area contributed by atoms with E-state index in [1.807, 2.05) is 11.9 Å². The Bertz CT molecular complexity index is 472. The van der Waals surface area contributed by atoms with E-state index in [2.05, 4.69) is 10.3 Å². The Balaban J connectivity index is 1.84. The second-order valence-electron chi connectivity index (χ2n) is 5.28. The van der Waals surface area contributed by atoms with Gasteiger partial charge in [0.25, 0.3) is 0 Å². The van der Waals surface area contributed by atoms with Crippen LogP contribution in [0.2, 0.25) is 5.15 Å². The maximum absolute atomic E-state index is 12.5. The topological polar surface area (TPSA) is 50.2 Å². The van der Waals surface area contributed by atoms with Crippen molar-refractivity contribution in [3.63, 3.8) is 0 Å². The number of aromatic nitrogens is 2. The monoisotopic (exact) mass is 316 g/mol. The number of carbonyl (C=O) groups is 1. The van der Waals surface area contributed by atoms with Gasteiger partial charge in [0.05, 0.1) is 12.7 Å². The molecule has 0 bridgehead atoms. The van der Waals surface area contributed by atoms with Gasteiger partial charge in [0.2, 0.25) is 5.91 Å². The Morgan fingerprint density at radius 2 is 2.24 bits per heavy atom. The molecule has 0 spiro atoms. The van der Waals surface area contributed by atoms with Crippen LogP contribution in [0.15, 0.2) is 6.20 Å². The number of carbonyl (C=O) groups excluding carboxylic acids is 1. The lowest BCUT2D eigenvalue weighted by Crippen LogP contribution is -2.44. The van der Waals surface area contributed by atoms with Crippen molar-refractivity contribution in [3.05, 3.63) is 17.2 Å². The van der Waals surface area contributed by atoms with Crippen LogP contribution in [0.25, 0.3) is 0 Å². The van der Waals surface area contributed by atoms with Crippen LogP contribution in [0.4, 0.5) is 4.39 Å². The first-order valence-corrected chi connectivity index (χ1v) is 7.74. The summed E-state index contributed by atoms with van der Waals surface area (Å²) in [6.45, 7) is 1.29. The molecule has 0 atom stereocenters. The van der Waals surface area contributed by atoms with Crippen molar-refractivity contribution in [3.8, 4) is 0 Å². The molecule has 1 aliphatic heterocycles. The second-order valence-corrected chi connectivity index (χ2v) is 5.67. The van der Waals surface area contributed by atoms with Crippen LogP contribution in [-0.2, 0) is 17.8 Å². The van der Waals surface area contributed by atoms with Crippen molar-refractivity contribution >= 4 is 17.5 Å². The van der Waals surface area contributed by atoms with Crippen LogP contribution in [0.5, 0.6) is 0 Å². The van der Waals surface area contributed by atoms with Crippen molar-refractivity contribution in [1.82, 2.24) is 19.8 Å². The number of alkyl halides is 1. The predicted molar refractivity (Wildman–Crippen MR) is 80.2 cm³/mol. The number of nitrogens with zero attached hydrogens (tertiary/aromatic N) is 3. The van der Waals surface area contributed by atoms with Crippen molar-refractivity contribution in [2.45, 2.75) is 38.3 Å². The van der Waals surface area contributed by atoms with Gasteiger partial charge in [-0.15, -0.1) is 0 Å². The van der Waals surface area contributed by atoms with E-state index in [0.717, 1.165) is 25.9 Å². The van der Waals surface area contributed by atoms with Crippen molar-refractivity contribution in [1.29, 1.82) is 0 Å². The number of rotatable bonds is 6. The lowest BCUT2D eigenvalue weighted by atomic mass is 10.0. The van der Waals surface area contributed by atoms with E-state index in [1.165, 1.54) is 6.20 Å². The van der Waals surface area contributed by atoms with Crippen LogP contribution >= 0.6 is 11.6 Å². The third kappa shape index (κ3) is 4.17. The highest BCUT2D eigenvalue weighted by Crippen LogP contribution is 2.15. The van der Waals surface area contributed by atoms with Crippen LogP contribution in [0.1, 0.15) is 25.1 Å². The molecule has 0 aromatic carbocycles. The summed E-state index contributed by atoms with van der Waals surface area (Å²) in [5.74, 6) is 0.812. The summed E-state index contributed by atoms with van der Waals surface area (Å²) in [6.07, 6.45) is 4.38. The van der Waals surface area contributed by atoms with Crippen LogP contribution in [0.3, 0.4) is 0 Å². The fourth-order valence-electron chi connectivity index (χ4n) is 2.70. The summed E-state index contributed by atoms with van der Waals surface area (Å²) >= 11 is 5.95. The van der Waals surface area contributed by atoms with Gasteiger partial charge >= 0.3 is 0 Å². The first-order chi connectivity index (χ1) is 10.2. The van der Waals surface area contributed by atoms with E-state index in [0.29, 0.717) is 29.9 Å². The van der Waals surface area contributed by atoms with Crippen LogP contribution in [-0.4, -0.2) is 53.2 Å². The molecule has 0 radical (unpaired) electrons. The summed E-state index contributed by atoms with van der Waals surface area (Å²) in [7, 11) is 1.95. The summed E-state index contributed by atoms with van der Waals surface area (Å²) in [4.78, 5) is 18.3. The molecule has 1 aromatic rings. The highest BCUT2D eigenvalue weighted by atomic mass is 35.5. The molecule has 1 aromatic heterocycles. The number of halogens is 2. The first-order valence-electron chi connectivity index (χ1n) is 7.36. The molecule has 1 saturated heterocycles. The molecule has 0 aliphatic carbocycles.